The maximum atomic E-state index is 11.2. The Balaban J connectivity index is 2.04. The summed E-state index contributed by atoms with van der Waals surface area (Å²) in [6, 6.07) is 5.72. The number of aromatic amines is 1. The van der Waals surface area contributed by atoms with E-state index in [0.717, 1.165) is 6.42 Å². The molecule has 17 heavy (non-hydrogen) atoms. The molecule has 0 amide bonds. The lowest BCUT2D eigenvalue weighted by Gasteiger charge is -2.03. The average molecular weight is 249 g/mol. The van der Waals surface area contributed by atoms with Gasteiger partial charge in [-0.3, -0.25) is 4.79 Å². The molecule has 2 heterocycles. The fourth-order valence-corrected chi connectivity index (χ4v) is 2.45. The van der Waals surface area contributed by atoms with Crippen molar-refractivity contribution in [1.29, 1.82) is 0 Å². The molecular weight excluding hydrogens is 234 g/mol. The molecule has 2 N–H and O–H groups in total. The van der Waals surface area contributed by atoms with Crippen molar-refractivity contribution in [2.24, 2.45) is 0 Å². The molecule has 2 aromatic rings. The van der Waals surface area contributed by atoms with Gasteiger partial charge in [0.2, 0.25) is 0 Å². The molecule has 2 aromatic heterocycles. The first-order chi connectivity index (χ1) is 8.17. The Hall–Kier alpha value is -1.62. The van der Waals surface area contributed by atoms with Crippen LogP contribution in [-0.2, 0) is 13.0 Å². The van der Waals surface area contributed by atoms with Gasteiger partial charge in [0.1, 0.15) is 11.6 Å². The summed E-state index contributed by atoms with van der Waals surface area (Å²) < 4.78 is 0. The van der Waals surface area contributed by atoms with Gasteiger partial charge < -0.3 is 10.3 Å². The van der Waals surface area contributed by atoms with Crippen molar-refractivity contribution in [3.05, 3.63) is 44.1 Å². The number of nitrogens with zero attached hydrogens (tertiary/aromatic N) is 1. The van der Waals surface area contributed by atoms with Crippen LogP contribution in [0.1, 0.15) is 22.5 Å². The minimum Gasteiger partial charge on any atom is -0.365 e. The van der Waals surface area contributed by atoms with Crippen molar-refractivity contribution in [2.75, 3.05) is 5.32 Å². The third-order valence-electron chi connectivity index (χ3n) is 2.37. The van der Waals surface area contributed by atoms with Gasteiger partial charge in [-0.25, -0.2) is 4.98 Å². The number of hydrogen-bond acceptors (Lipinski definition) is 4. The highest BCUT2D eigenvalue weighted by molar-refractivity contribution is 7.12. The Labute approximate surface area is 104 Å². The zero-order valence-electron chi connectivity index (χ0n) is 9.91. The van der Waals surface area contributed by atoms with Gasteiger partial charge in [-0.15, -0.1) is 11.3 Å². The first-order valence-electron chi connectivity index (χ1n) is 5.57. The van der Waals surface area contributed by atoms with Gasteiger partial charge in [0, 0.05) is 15.8 Å². The van der Waals surface area contributed by atoms with Crippen LogP contribution < -0.4 is 10.9 Å². The largest absolute Gasteiger partial charge is 0.365 e. The Kier molecular flexibility index (Phi) is 3.58. The van der Waals surface area contributed by atoms with Crippen molar-refractivity contribution in [3.8, 4) is 0 Å². The van der Waals surface area contributed by atoms with E-state index < -0.39 is 0 Å². The summed E-state index contributed by atoms with van der Waals surface area (Å²) in [5.74, 6) is 1.25. The zero-order chi connectivity index (χ0) is 12.3. The van der Waals surface area contributed by atoms with Crippen molar-refractivity contribution in [3.63, 3.8) is 0 Å². The first kappa shape index (κ1) is 11.9. The molecule has 0 saturated heterocycles. The fraction of sp³-hybridized carbons (Fsp3) is 0.333. The van der Waals surface area contributed by atoms with E-state index in [1.807, 2.05) is 0 Å². The molecule has 0 fully saturated rings. The van der Waals surface area contributed by atoms with Crippen molar-refractivity contribution in [2.45, 2.75) is 26.8 Å². The highest BCUT2D eigenvalue weighted by Gasteiger charge is 2.00. The smallest absolute Gasteiger partial charge is 0.252 e. The molecule has 90 valence electrons. The second-order valence-corrected chi connectivity index (χ2v) is 5.04. The van der Waals surface area contributed by atoms with Gasteiger partial charge in [0.25, 0.3) is 5.56 Å². The van der Waals surface area contributed by atoms with E-state index in [2.05, 4.69) is 34.3 Å². The molecule has 4 nitrogen and oxygen atoms in total. The number of nitrogens with one attached hydrogen (secondary N) is 2. The normalized spacial score (nSPS) is 10.5. The first-order valence-corrected chi connectivity index (χ1v) is 6.38. The molecule has 5 heteroatoms. The number of H-pyrrole nitrogens is 1. The maximum absolute atomic E-state index is 11.2. The van der Waals surface area contributed by atoms with Crippen LogP contribution in [0.15, 0.2) is 23.0 Å². The Morgan fingerprint density at radius 1 is 1.41 bits per heavy atom. The molecule has 0 saturated carbocycles. The predicted octanol–water partition coefficient (Wildman–Crippen LogP) is 2.31. The summed E-state index contributed by atoms with van der Waals surface area (Å²) in [6.07, 6.45) is 1.06. The second kappa shape index (κ2) is 5.14. The minimum atomic E-state index is -0.125. The van der Waals surface area contributed by atoms with E-state index in [-0.39, 0.29) is 5.56 Å². The van der Waals surface area contributed by atoms with Crippen LogP contribution in [0.3, 0.4) is 0 Å². The van der Waals surface area contributed by atoms with E-state index in [1.54, 1.807) is 18.3 Å². The van der Waals surface area contributed by atoms with Crippen LogP contribution >= 0.6 is 11.3 Å². The van der Waals surface area contributed by atoms with Gasteiger partial charge in [-0.2, -0.15) is 0 Å². The molecule has 2 rings (SSSR count). The molecule has 0 radical (unpaired) electrons. The van der Waals surface area contributed by atoms with E-state index in [9.17, 15) is 4.79 Å². The Morgan fingerprint density at radius 2 is 2.18 bits per heavy atom. The third-order valence-corrected chi connectivity index (χ3v) is 3.60. The third kappa shape index (κ3) is 3.17. The molecule has 0 aliphatic rings. The molecule has 0 aliphatic carbocycles. The van der Waals surface area contributed by atoms with Crippen LogP contribution in [-0.4, -0.2) is 9.97 Å². The van der Waals surface area contributed by atoms with Crippen LogP contribution in [0.25, 0.3) is 0 Å². The molecule has 0 aromatic carbocycles. The predicted molar refractivity (Wildman–Crippen MR) is 70.6 cm³/mol. The number of hydrogen-bond donors (Lipinski definition) is 2. The van der Waals surface area contributed by atoms with Gasteiger partial charge in [0.15, 0.2) is 0 Å². The summed E-state index contributed by atoms with van der Waals surface area (Å²) in [4.78, 5) is 20.7. The zero-order valence-corrected chi connectivity index (χ0v) is 10.7. The van der Waals surface area contributed by atoms with E-state index in [0.29, 0.717) is 18.2 Å². The van der Waals surface area contributed by atoms with Crippen LogP contribution in [0.2, 0.25) is 0 Å². The quantitative estimate of drug-likeness (QED) is 0.874. The molecule has 0 aliphatic heterocycles. The number of thiophene rings is 1. The molecule has 0 bridgehead atoms. The number of anilines is 1. The maximum Gasteiger partial charge on any atom is 0.252 e. The second-order valence-electron chi connectivity index (χ2n) is 3.79. The highest BCUT2D eigenvalue weighted by atomic mass is 32.1. The van der Waals surface area contributed by atoms with E-state index in [4.69, 9.17) is 0 Å². The Morgan fingerprint density at radius 3 is 2.82 bits per heavy atom. The van der Waals surface area contributed by atoms with Gasteiger partial charge >= 0.3 is 0 Å². The summed E-state index contributed by atoms with van der Waals surface area (Å²) in [5.41, 5.74) is -0.125. The van der Waals surface area contributed by atoms with Gasteiger partial charge in [0.05, 0.1) is 6.54 Å². The standard InChI is InChI=1S/C12H15N3OS/c1-3-9-4-5-10(17-9)7-13-11-6-12(16)15-8(2)14-11/h4-6H,3,7H2,1-2H3,(H2,13,14,15,16). The van der Waals surface area contributed by atoms with Gasteiger partial charge in [-0.1, -0.05) is 6.92 Å². The average Bonchev–Trinajstić information content (AvgIpc) is 2.73. The topological polar surface area (TPSA) is 57.8 Å². The lowest BCUT2D eigenvalue weighted by atomic mass is 10.3. The number of aromatic nitrogens is 2. The molecular formula is C12H15N3OS. The summed E-state index contributed by atoms with van der Waals surface area (Å²) in [7, 11) is 0. The lowest BCUT2D eigenvalue weighted by Crippen LogP contribution is -2.11. The minimum absolute atomic E-state index is 0.125. The van der Waals surface area contributed by atoms with Crippen molar-refractivity contribution >= 4 is 17.2 Å². The molecule has 0 unspecified atom stereocenters. The molecule has 0 spiro atoms. The van der Waals surface area contributed by atoms with Crippen molar-refractivity contribution in [1.82, 2.24) is 9.97 Å². The van der Waals surface area contributed by atoms with E-state index >= 15 is 0 Å². The monoisotopic (exact) mass is 249 g/mol. The van der Waals surface area contributed by atoms with Crippen molar-refractivity contribution < 1.29 is 0 Å². The Bertz CT molecular complexity index is 559. The van der Waals surface area contributed by atoms with Crippen LogP contribution in [0.4, 0.5) is 5.82 Å². The highest BCUT2D eigenvalue weighted by Crippen LogP contribution is 2.17. The summed E-state index contributed by atoms with van der Waals surface area (Å²) >= 11 is 1.78. The van der Waals surface area contributed by atoms with Crippen LogP contribution in [0.5, 0.6) is 0 Å². The number of rotatable bonds is 4. The SMILES string of the molecule is CCc1ccc(CNc2cc(=O)[nH]c(C)n2)s1. The van der Waals surface area contributed by atoms with Gasteiger partial charge in [-0.05, 0) is 25.5 Å². The van der Waals surface area contributed by atoms with Crippen LogP contribution in [0, 0.1) is 6.92 Å². The summed E-state index contributed by atoms with van der Waals surface area (Å²) in [5, 5.41) is 3.16. The fourth-order valence-electron chi connectivity index (χ4n) is 1.56. The molecule has 0 atom stereocenters. The number of aryl methyl sites for hydroxylation is 2. The lowest BCUT2D eigenvalue weighted by molar-refractivity contribution is 1.00. The summed E-state index contributed by atoms with van der Waals surface area (Å²) in [6.45, 7) is 4.62. The van der Waals surface area contributed by atoms with E-state index in [1.165, 1.54) is 15.8 Å².